The first-order valence-corrected chi connectivity index (χ1v) is 12.7. The number of methoxy groups -OCH3 is 1. The highest BCUT2D eigenvalue weighted by Crippen LogP contribution is 2.41. The van der Waals surface area contributed by atoms with E-state index in [-0.39, 0.29) is 39.3 Å². The molecule has 2 aromatic heterocycles. The van der Waals surface area contributed by atoms with Gasteiger partial charge in [-0.3, -0.25) is 9.10 Å². The highest BCUT2D eigenvalue weighted by atomic mass is 35.5. The van der Waals surface area contributed by atoms with Gasteiger partial charge in [0.25, 0.3) is 10.0 Å². The van der Waals surface area contributed by atoms with Crippen molar-refractivity contribution >= 4 is 50.4 Å². The van der Waals surface area contributed by atoms with E-state index in [1.807, 2.05) is 0 Å². The van der Waals surface area contributed by atoms with Crippen molar-refractivity contribution in [2.75, 3.05) is 18.5 Å². The Balaban J connectivity index is 1.85. The van der Waals surface area contributed by atoms with E-state index < -0.39 is 16.0 Å². The fraction of sp³-hybridized carbons (Fsp3) is 0.167. The van der Waals surface area contributed by atoms with Gasteiger partial charge in [0.15, 0.2) is 17.2 Å². The molecule has 4 aromatic rings. The van der Waals surface area contributed by atoms with Crippen molar-refractivity contribution in [1.82, 2.24) is 9.61 Å². The Morgan fingerprint density at radius 2 is 1.83 bits per heavy atom. The molecular weight excluding hydrogens is 529 g/mol. The number of anilines is 1. The molecular formula is C24H21Cl2N3O6S. The standard InChI is InChI=1S/C24H21Cl2N3O6S/c1-14-10-18-24(28(2)36(32,33)22-7-5-16(25)13-17(22)26)20(8-9-29(18)27-14)35-19-6-4-15(12-23(30)31)11-21(19)34-3/h4-11,13H,12H2,1-3H3,(H,30,31). The van der Waals surface area contributed by atoms with E-state index in [1.165, 1.54) is 32.4 Å². The van der Waals surface area contributed by atoms with Gasteiger partial charge in [0.1, 0.15) is 10.6 Å². The fourth-order valence-corrected chi connectivity index (χ4v) is 5.67. The summed E-state index contributed by atoms with van der Waals surface area (Å²) < 4.78 is 41.4. The Kier molecular flexibility index (Phi) is 7.03. The summed E-state index contributed by atoms with van der Waals surface area (Å²) in [6.07, 6.45) is 1.45. The second-order valence-corrected chi connectivity index (χ2v) is 10.6. The minimum Gasteiger partial charge on any atom is -0.493 e. The molecule has 1 N–H and O–H groups in total. The summed E-state index contributed by atoms with van der Waals surface area (Å²) in [5, 5.41) is 13.7. The van der Waals surface area contributed by atoms with Gasteiger partial charge >= 0.3 is 5.97 Å². The summed E-state index contributed by atoms with van der Waals surface area (Å²) in [7, 11) is -1.33. The third kappa shape index (κ3) is 4.92. The van der Waals surface area contributed by atoms with Gasteiger partial charge in [-0.15, -0.1) is 0 Å². The normalized spacial score (nSPS) is 11.5. The number of aliphatic carboxylic acids is 1. The molecule has 0 aliphatic rings. The highest BCUT2D eigenvalue weighted by Gasteiger charge is 2.29. The Hall–Kier alpha value is -3.47. The molecule has 188 valence electrons. The molecule has 0 amide bonds. The third-order valence-electron chi connectivity index (χ3n) is 5.35. The monoisotopic (exact) mass is 549 g/mol. The second kappa shape index (κ2) is 9.88. The van der Waals surface area contributed by atoms with Crippen LogP contribution in [0.3, 0.4) is 0 Å². The van der Waals surface area contributed by atoms with E-state index in [1.54, 1.807) is 48.0 Å². The molecule has 0 bridgehead atoms. The SMILES string of the molecule is COc1cc(CC(=O)O)ccc1Oc1ccn2nc(C)cc2c1N(C)S(=O)(=O)c1ccc(Cl)cc1Cl. The average molecular weight is 550 g/mol. The number of carboxylic acid groups (broad SMARTS) is 1. The quantitative estimate of drug-likeness (QED) is 0.321. The molecule has 0 saturated carbocycles. The Labute approximate surface area is 217 Å². The van der Waals surface area contributed by atoms with Gasteiger partial charge in [-0.25, -0.2) is 12.9 Å². The predicted molar refractivity (Wildman–Crippen MR) is 136 cm³/mol. The van der Waals surface area contributed by atoms with Gasteiger partial charge in [0, 0.05) is 24.3 Å². The van der Waals surface area contributed by atoms with Crippen molar-refractivity contribution in [3.63, 3.8) is 0 Å². The molecule has 0 saturated heterocycles. The summed E-state index contributed by atoms with van der Waals surface area (Å²) in [5.41, 5.74) is 1.87. The van der Waals surface area contributed by atoms with Gasteiger partial charge in [-0.1, -0.05) is 29.3 Å². The zero-order valence-corrected chi connectivity index (χ0v) is 21.7. The molecule has 2 heterocycles. The number of rotatable bonds is 8. The molecule has 4 rings (SSSR count). The van der Waals surface area contributed by atoms with Gasteiger partial charge < -0.3 is 14.6 Å². The lowest BCUT2D eigenvalue weighted by Gasteiger charge is -2.24. The number of carbonyl (C=O) groups is 1. The van der Waals surface area contributed by atoms with Crippen molar-refractivity contribution in [2.24, 2.45) is 0 Å². The smallest absolute Gasteiger partial charge is 0.307 e. The first-order valence-electron chi connectivity index (χ1n) is 10.5. The first kappa shape index (κ1) is 25.6. The molecule has 0 fully saturated rings. The number of fused-ring (bicyclic) bond motifs is 1. The number of hydrogen-bond acceptors (Lipinski definition) is 6. The molecule has 2 aromatic carbocycles. The number of nitrogens with zero attached hydrogens (tertiary/aromatic N) is 3. The summed E-state index contributed by atoms with van der Waals surface area (Å²) in [5.74, 6) is -0.232. The van der Waals surface area contributed by atoms with E-state index in [0.717, 1.165) is 4.31 Å². The number of pyridine rings is 1. The Morgan fingerprint density at radius 1 is 1.08 bits per heavy atom. The minimum atomic E-state index is -4.15. The van der Waals surface area contributed by atoms with Crippen LogP contribution in [0, 0.1) is 6.92 Å². The minimum absolute atomic E-state index is 0.0239. The van der Waals surface area contributed by atoms with Gasteiger partial charge in [0.2, 0.25) is 0 Å². The van der Waals surface area contributed by atoms with Crippen LogP contribution < -0.4 is 13.8 Å². The fourth-order valence-electron chi connectivity index (χ4n) is 3.70. The van der Waals surface area contributed by atoms with Crippen LogP contribution in [0.1, 0.15) is 11.3 Å². The Bertz CT molecular complexity index is 1590. The van der Waals surface area contributed by atoms with Crippen LogP contribution in [-0.4, -0.2) is 43.3 Å². The van der Waals surface area contributed by atoms with Crippen LogP contribution in [0.2, 0.25) is 10.0 Å². The van der Waals surface area contributed by atoms with E-state index in [0.29, 0.717) is 21.8 Å². The largest absolute Gasteiger partial charge is 0.493 e. The maximum absolute atomic E-state index is 13.6. The summed E-state index contributed by atoms with van der Waals surface area (Å²) in [6, 6.07) is 12.2. The predicted octanol–water partition coefficient (Wildman–Crippen LogP) is 5.20. The van der Waals surface area contributed by atoms with Crippen LogP contribution in [0.15, 0.2) is 59.6 Å². The lowest BCUT2D eigenvalue weighted by molar-refractivity contribution is -0.136. The highest BCUT2D eigenvalue weighted by molar-refractivity contribution is 7.93. The number of halogens is 2. The number of ether oxygens (including phenoxy) is 2. The van der Waals surface area contributed by atoms with E-state index >= 15 is 0 Å². The summed E-state index contributed by atoms with van der Waals surface area (Å²) in [4.78, 5) is 11.0. The number of hydrogen-bond donors (Lipinski definition) is 1. The van der Waals surface area contributed by atoms with E-state index in [9.17, 15) is 13.2 Å². The molecule has 0 spiro atoms. The third-order valence-corrected chi connectivity index (χ3v) is 7.83. The zero-order chi connectivity index (χ0) is 26.2. The zero-order valence-electron chi connectivity index (χ0n) is 19.4. The van der Waals surface area contributed by atoms with Crippen LogP contribution in [-0.2, 0) is 21.2 Å². The molecule has 0 unspecified atom stereocenters. The average Bonchev–Trinajstić information content (AvgIpc) is 3.19. The maximum Gasteiger partial charge on any atom is 0.307 e. The molecule has 36 heavy (non-hydrogen) atoms. The molecule has 0 aliphatic heterocycles. The molecule has 0 aliphatic carbocycles. The van der Waals surface area contributed by atoms with Gasteiger partial charge in [-0.2, -0.15) is 5.10 Å². The number of carboxylic acids is 1. The van der Waals surface area contributed by atoms with Crippen molar-refractivity contribution in [1.29, 1.82) is 0 Å². The molecule has 9 nitrogen and oxygen atoms in total. The van der Waals surface area contributed by atoms with Crippen molar-refractivity contribution in [2.45, 2.75) is 18.2 Å². The molecule has 0 radical (unpaired) electrons. The Morgan fingerprint density at radius 3 is 2.50 bits per heavy atom. The van der Waals surface area contributed by atoms with E-state index in [2.05, 4.69) is 5.10 Å². The number of aromatic nitrogens is 2. The van der Waals surface area contributed by atoms with Crippen LogP contribution in [0.25, 0.3) is 5.52 Å². The van der Waals surface area contributed by atoms with Crippen LogP contribution >= 0.6 is 23.2 Å². The second-order valence-electron chi connectivity index (χ2n) is 7.85. The van der Waals surface area contributed by atoms with Crippen molar-refractivity contribution in [3.05, 3.63) is 76.0 Å². The summed E-state index contributed by atoms with van der Waals surface area (Å²) >= 11 is 12.2. The lowest BCUT2D eigenvalue weighted by Crippen LogP contribution is -2.27. The number of aryl methyl sites for hydroxylation is 1. The number of sulfonamides is 1. The van der Waals surface area contributed by atoms with Gasteiger partial charge in [0.05, 0.1) is 29.8 Å². The van der Waals surface area contributed by atoms with Crippen molar-refractivity contribution in [3.8, 4) is 17.2 Å². The summed E-state index contributed by atoms with van der Waals surface area (Å²) in [6.45, 7) is 1.78. The topological polar surface area (TPSA) is 110 Å². The molecule has 12 heteroatoms. The molecule has 0 atom stereocenters. The maximum atomic E-state index is 13.6. The van der Waals surface area contributed by atoms with Crippen molar-refractivity contribution < 1.29 is 27.8 Å². The van der Waals surface area contributed by atoms with E-state index in [4.69, 9.17) is 37.8 Å². The van der Waals surface area contributed by atoms with Gasteiger partial charge in [-0.05, 0) is 48.9 Å². The lowest BCUT2D eigenvalue weighted by atomic mass is 10.1. The van der Waals surface area contributed by atoms with Crippen LogP contribution in [0.5, 0.6) is 17.2 Å². The number of benzene rings is 2. The first-order chi connectivity index (χ1) is 17.0. The van der Waals surface area contributed by atoms with Crippen LogP contribution in [0.4, 0.5) is 5.69 Å².